The van der Waals surface area contributed by atoms with Gasteiger partial charge in [-0.2, -0.15) is 4.36 Å². The number of hydrogen-bond acceptors (Lipinski definition) is 2. The van der Waals surface area contributed by atoms with Crippen molar-refractivity contribution in [3.05, 3.63) is 60.7 Å². The van der Waals surface area contributed by atoms with Gasteiger partial charge in [-0.15, -0.1) is 0 Å². The average Bonchev–Trinajstić information content (AvgIpc) is 3.49. The first-order valence-corrected chi connectivity index (χ1v) is 9.07. The molecule has 2 aliphatic rings. The predicted octanol–water partition coefficient (Wildman–Crippen LogP) is 3.90. The average molecular weight is 311 g/mol. The number of carbonyl (C=O) groups excluding carboxylic acids is 1. The van der Waals surface area contributed by atoms with E-state index in [1.54, 1.807) is 24.3 Å². The highest BCUT2D eigenvalue weighted by Gasteiger charge is 2.66. The van der Waals surface area contributed by atoms with Crippen LogP contribution in [0.1, 0.15) is 19.3 Å². The minimum atomic E-state index is -2.90. The molecule has 0 N–H and O–H groups in total. The van der Waals surface area contributed by atoms with Gasteiger partial charge in [0.25, 0.3) is 5.91 Å². The van der Waals surface area contributed by atoms with Gasteiger partial charge in [0.05, 0.1) is 9.79 Å². The van der Waals surface area contributed by atoms with Crippen LogP contribution in [0.4, 0.5) is 0 Å². The van der Waals surface area contributed by atoms with Crippen molar-refractivity contribution in [1.29, 1.82) is 0 Å². The fourth-order valence-corrected chi connectivity index (χ4v) is 4.97. The maximum Gasteiger partial charge on any atom is 0.258 e. The van der Waals surface area contributed by atoms with Gasteiger partial charge in [0.2, 0.25) is 0 Å². The van der Waals surface area contributed by atoms with Gasteiger partial charge < -0.3 is 0 Å². The molecule has 1 unspecified atom stereocenters. The van der Waals surface area contributed by atoms with Gasteiger partial charge in [-0.05, 0) is 48.9 Å². The van der Waals surface area contributed by atoms with Crippen LogP contribution < -0.4 is 0 Å². The summed E-state index contributed by atoms with van der Waals surface area (Å²) in [5, 5.41) is 0. The molecule has 0 aromatic heterocycles. The normalized spacial score (nSPS) is 21.4. The van der Waals surface area contributed by atoms with Crippen molar-refractivity contribution in [3.8, 4) is 0 Å². The van der Waals surface area contributed by atoms with Crippen LogP contribution in [0, 0.1) is 11.3 Å². The highest BCUT2D eigenvalue weighted by molar-refractivity contribution is 7.94. The molecule has 2 fully saturated rings. The van der Waals surface area contributed by atoms with Crippen LogP contribution in [0.15, 0.2) is 74.8 Å². The van der Waals surface area contributed by atoms with Gasteiger partial charge >= 0.3 is 0 Å². The molecule has 1 spiro atoms. The van der Waals surface area contributed by atoms with E-state index in [1.165, 1.54) is 0 Å². The zero-order chi connectivity index (χ0) is 15.2. The van der Waals surface area contributed by atoms with Crippen molar-refractivity contribution in [2.75, 3.05) is 0 Å². The van der Waals surface area contributed by atoms with Gasteiger partial charge in [-0.1, -0.05) is 36.4 Å². The van der Waals surface area contributed by atoms with E-state index in [4.69, 9.17) is 0 Å². The van der Waals surface area contributed by atoms with Crippen LogP contribution in [0.5, 0.6) is 0 Å². The largest absolute Gasteiger partial charge is 0.272 e. The van der Waals surface area contributed by atoms with E-state index in [0.717, 1.165) is 19.3 Å². The molecule has 1 atom stereocenters. The summed E-state index contributed by atoms with van der Waals surface area (Å²) in [6.45, 7) is 0. The monoisotopic (exact) mass is 311 g/mol. The third-order valence-corrected chi connectivity index (χ3v) is 6.98. The van der Waals surface area contributed by atoms with Crippen LogP contribution in [-0.4, -0.2) is 10.1 Å². The van der Waals surface area contributed by atoms with Crippen LogP contribution in [-0.2, 0) is 14.5 Å². The predicted molar refractivity (Wildman–Crippen MR) is 84.8 cm³/mol. The lowest BCUT2D eigenvalue weighted by molar-refractivity contribution is -0.119. The SMILES string of the molecule is O=C(N=S(=O)(c1ccccc1)c1ccccc1)C1CC12CC2. The summed E-state index contributed by atoms with van der Waals surface area (Å²) in [6.07, 6.45) is 3.17. The Kier molecular flexibility index (Phi) is 2.98. The zero-order valence-corrected chi connectivity index (χ0v) is 13.0. The van der Waals surface area contributed by atoms with Gasteiger partial charge in [0.1, 0.15) is 9.73 Å². The topological polar surface area (TPSA) is 46.5 Å². The van der Waals surface area contributed by atoms with E-state index >= 15 is 0 Å². The summed E-state index contributed by atoms with van der Waals surface area (Å²) >= 11 is 0. The molecule has 4 rings (SSSR count). The summed E-state index contributed by atoms with van der Waals surface area (Å²) < 4.78 is 17.8. The number of carbonyl (C=O) groups is 1. The van der Waals surface area contributed by atoms with E-state index in [2.05, 4.69) is 4.36 Å². The van der Waals surface area contributed by atoms with E-state index < -0.39 is 9.73 Å². The second-order valence-electron chi connectivity index (χ2n) is 6.20. The fraction of sp³-hybridized carbons (Fsp3) is 0.278. The zero-order valence-electron chi connectivity index (χ0n) is 12.1. The van der Waals surface area contributed by atoms with E-state index in [1.807, 2.05) is 36.4 Å². The molecule has 22 heavy (non-hydrogen) atoms. The molecule has 0 bridgehead atoms. The van der Waals surface area contributed by atoms with Crippen LogP contribution in [0.3, 0.4) is 0 Å². The number of benzene rings is 2. The van der Waals surface area contributed by atoms with E-state index in [0.29, 0.717) is 9.79 Å². The Morgan fingerprint density at radius 1 is 0.955 bits per heavy atom. The highest BCUT2D eigenvalue weighted by Crippen LogP contribution is 2.70. The summed E-state index contributed by atoms with van der Waals surface area (Å²) in [5.41, 5.74) is 0.230. The number of hydrogen-bond donors (Lipinski definition) is 0. The molecule has 4 heteroatoms. The Balaban J connectivity index is 1.82. The molecule has 3 nitrogen and oxygen atoms in total. The van der Waals surface area contributed by atoms with E-state index in [-0.39, 0.29) is 17.2 Å². The molecule has 2 aromatic rings. The Morgan fingerprint density at radius 3 is 1.86 bits per heavy atom. The molecule has 0 aliphatic heterocycles. The number of nitrogens with zero attached hydrogens (tertiary/aromatic N) is 1. The standard InChI is InChI=1S/C18H17NO2S/c20-17(16-13-18(16)11-12-18)19-22(21,14-7-3-1-4-8-14)15-9-5-2-6-10-15/h1-10,16H,11-13H2. The first-order valence-electron chi connectivity index (χ1n) is 7.55. The number of amides is 1. The van der Waals surface area contributed by atoms with Crippen molar-refractivity contribution in [3.63, 3.8) is 0 Å². The molecule has 0 saturated heterocycles. The van der Waals surface area contributed by atoms with Gasteiger partial charge in [0, 0.05) is 5.92 Å². The van der Waals surface area contributed by atoms with E-state index in [9.17, 15) is 9.00 Å². The molecule has 0 radical (unpaired) electrons. The number of rotatable bonds is 3. The smallest absolute Gasteiger partial charge is 0.258 e. The molecular formula is C18H17NO2S. The first kappa shape index (κ1) is 13.7. The maximum absolute atomic E-state index is 13.6. The lowest BCUT2D eigenvalue weighted by Crippen LogP contribution is -2.08. The quantitative estimate of drug-likeness (QED) is 0.863. The summed E-state index contributed by atoms with van der Waals surface area (Å²) in [7, 11) is -2.90. The summed E-state index contributed by atoms with van der Waals surface area (Å²) in [5.74, 6) is -0.184. The van der Waals surface area contributed by atoms with Gasteiger partial charge in [-0.25, -0.2) is 4.21 Å². The third-order valence-electron chi connectivity index (χ3n) is 4.72. The van der Waals surface area contributed by atoms with Gasteiger partial charge in [0.15, 0.2) is 0 Å². The molecular weight excluding hydrogens is 294 g/mol. The lowest BCUT2D eigenvalue weighted by atomic mass is 10.3. The highest BCUT2D eigenvalue weighted by atomic mass is 32.2. The molecule has 2 saturated carbocycles. The minimum absolute atomic E-state index is 0.000694. The molecule has 0 heterocycles. The lowest BCUT2D eigenvalue weighted by Gasteiger charge is -2.10. The Labute approximate surface area is 130 Å². The second-order valence-corrected chi connectivity index (χ2v) is 8.38. The van der Waals surface area contributed by atoms with Crippen LogP contribution in [0.25, 0.3) is 0 Å². The van der Waals surface area contributed by atoms with Crippen LogP contribution >= 0.6 is 0 Å². The second kappa shape index (κ2) is 4.78. The minimum Gasteiger partial charge on any atom is -0.272 e. The van der Waals surface area contributed by atoms with Crippen molar-refractivity contribution in [2.24, 2.45) is 15.7 Å². The summed E-state index contributed by atoms with van der Waals surface area (Å²) in [4.78, 5) is 13.7. The molecule has 1 amide bonds. The Hall–Kier alpha value is -1.94. The Morgan fingerprint density at radius 2 is 1.45 bits per heavy atom. The maximum atomic E-state index is 13.6. The third kappa shape index (κ3) is 2.18. The van der Waals surface area contributed by atoms with Crippen molar-refractivity contribution >= 4 is 15.6 Å². The first-order chi connectivity index (χ1) is 10.6. The molecule has 2 aliphatic carbocycles. The van der Waals surface area contributed by atoms with Crippen molar-refractivity contribution < 1.29 is 9.00 Å². The Bertz CT molecular complexity index is 786. The fourth-order valence-electron chi connectivity index (χ4n) is 3.05. The summed E-state index contributed by atoms with van der Waals surface area (Å²) in [6, 6.07) is 18.2. The molecule has 2 aromatic carbocycles. The van der Waals surface area contributed by atoms with Crippen molar-refractivity contribution in [2.45, 2.75) is 29.1 Å². The molecule has 112 valence electrons. The van der Waals surface area contributed by atoms with Crippen LogP contribution in [0.2, 0.25) is 0 Å². The van der Waals surface area contributed by atoms with Gasteiger partial charge in [-0.3, -0.25) is 4.79 Å². The van der Waals surface area contributed by atoms with Crippen molar-refractivity contribution in [1.82, 2.24) is 0 Å².